The molecule has 6 nitrogen and oxygen atoms in total. The van der Waals surface area contributed by atoms with E-state index in [1.165, 1.54) is 99.2 Å². The number of nitrogens with zero attached hydrogens (tertiary/aromatic N) is 6. The molecule has 7 aromatic carbocycles. The van der Waals surface area contributed by atoms with Gasteiger partial charge in [0.15, 0.2) is 0 Å². The Morgan fingerprint density at radius 3 is 1.16 bits per heavy atom. The molecule has 0 saturated carbocycles. The minimum Gasteiger partial charge on any atom is -0.309 e. The van der Waals surface area contributed by atoms with Crippen LogP contribution in [0.2, 0.25) is 0 Å². The Kier molecular flexibility index (Phi) is 8.99. The topological polar surface area (TPSA) is 61.4 Å². The first-order valence-electron chi connectivity index (χ1n) is 23.2. The van der Waals surface area contributed by atoms with Crippen LogP contribution in [0.4, 0.5) is 0 Å². The van der Waals surface area contributed by atoms with Gasteiger partial charge in [0.25, 0.3) is 0 Å². The first-order chi connectivity index (χ1) is 33.4. The van der Waals surface area contributed by atoms with Crippen LogP contribution in [0.1, 0.15) is 22.3 Å². The number of aryl methyl sites for hydroxylation is 4. The highest BCUT2D eigenvalue weighted by atomic mass is 15.0. The summed E-state index contributed by atoms with van der Waals surface area (Å²) < 4.78 is 4.86. The van der Waals surface area contributed by atoms with E-state index in [1.807, 2.05) is 36.9 Å². The second kappa shape index (κ2) is 15.4. The number of pyridine rings is 4. The summed E-state index contributed by atoms with van der Waals surface area (Å²) in [6, 6.07) is 62.1. The van der Waals surface area contributed by atoms with Crippen molar-refractivity contribution >= 4 is 65.4 Å². The van der Waals surface area contributed by atoms with E-state index in [9.17, 15) is 0 Å². The second-order valence-corrected chi connectivity index (χ2v) is 18.2. The van der Waals surface area contributed by atoms with Gasteiger partial charge in [-0.2, -0.15) is 0 Å². The van der Waals surface area contributed by atoms with Gasteiger partial charge in [0.05, 0.1) is 56.9 Å². The summed E-state index contributed by atoms with van der Waals surface area (Å²) in [7, 11) is 0. The van der Waals surface area contributed by atoms with Gasteiger partial charge in [-0.15, -0.1) is 0 Å². The molecule has 0 bridgehead atoms. The zero-order valence-corrected chi connectivity index (χ0v) is 38.2. The molecule has 68 heavy (non-hydrogen) atoms. The fraction of sp³-hybridized carbons (Fsp3) is 0.0645. The molecule has 13 rings (SSSR count). The fourth-order valence-corrected chi connectivity index (χ4v) is 11.0. The quantitative estimate of drug-likeness (QED) is 0.167. The highest BCUT2D eigenvalue weighted by Crippen LogP contribution is 2.43. The fourth-order valence-electron chi connectivity index (χ4n) is 11.0. The third kappa shape index (κ3) is 6.25. The van der Waals surface area contributed by atoms with Crippen LogP contribution in [-0.2, 0) is 0 Å². The summed E-state index contributed by atoms with van der Waals surface area (Å²) in [4.78, 5) is 18.6. The molecule has 0 unspecified atom stereocenters. The molecule has 0 spiro atoms. The SMILES string of the molecule is Cc1cc(-c2ccc(-n3c4ccccc4c4c5c6ccccc6n(-c6ccc(-c7cc(C)c(-c8ccc9ccncc9n8)c(C)c7)cc6)c5ccc43)cc2)cc(C)c1-c1ccc2ccncc2n1. The Bertz CT molecular complexity index is 3860. The van der Waals surface area contributed by atoms with Crippen LogP contribution >= 0.6 is 0 Å². The van der Waals surface area contributed by atoms with Gasteiger partial charge in [-0.3, -0.25) is 9.97 Å². The molecule has 0 radical (unpaired) electrons. The third-order valence-corrected chi connectivity index (χ3v) is 14.0. The first kappa shape index (κ1) is 39.6. The standard InChI is InChI=1S/C62H44N6/c1-37-31-45(32-38(2)59(37)51-23-17-43-27-29-63-35-53(43)65-51)41-13-19-47(20-14-41)67-55-11-7-5-9-49(55)61-57(67)25-26-58-62(61)50-10-6-8-12-56(50)68(58)48-21-15-42(16-22-48)46-33-39(3)60(40(4)34-46)52-24-18-44-28-30-64-36-54(44)66-52/h5-36H,1-4H3. The van der Waals surface area contributed by atoms with Crippen LogP contribution in [0.25, 0.3) is 122 Å². The summed E-state index contributed by atoms with van der Waals surface area (Å²) in [5.74, 6) is 0. The molecule has 0 amide bonds. The predicted molar refractivity (Wildman–Crippen MR) is 282 cm³/mol. The van der Waals surface area contributed by atoms with Crippen LogP contribution in [-0.4, -0.2) is 29.1 Å². The van der Waals surface area contributed by atoms with Crippen molar-refractivity contribution in [2.24, 2.45) is 0 Å². The van der Waals surface area contributed by atoms with Gasteiger partial charge in [-0.05, 0) is 145 Å². The third-order valence-electron chi connectivity index (χ3n) is 14.0. The summed E-state index contributed by atoms with van der Waals surface area (Å²) in [6.07, 6.45) is 7.30. The minimum absolute atomic E-state index is 0.906. The molecule has 322 valence electrons. The summed E-state index contributed by atoms with van der Waals surface area (Å²) in [5, 5.41) is 7.18. The van der Waals surface area contributed by atoms with Crippen molar-refractivity contribution in [3.8, 4) is 56.1 Å². The van der Waals surface area contributed by atoms with Crippen LogP contribution in [0.5, 0.6) is 0 Å². The highest BCUT2D eigenvalue weighted by Gasteiger charge is 2.21. The maximum Gasteiger partial charge on any atom is 0.0892 e. The predicted octanol–water partition coefficient (Wildman–Crippen LogP) is 15.7. The molecule has 6 heterocycles. The van der Waals surface area contributed by atoms with Gasteiger partial charge in [0, 0.05) is 67.2 Å². The van der Waals surface area contributed by atoms with Gasteiger partial charge in [-0.1, -0.05) is 97.1 Å². The van der Waals surface area contributed by atoms with Crippen molar-refractivity contribution in [1.82, 2.24) is 29.1 Å². The molecule has 6 aromatic heterocycles. The van der Waals surface area contributed by atoms with E-state index in [0.717, 1.165) is 44.6 Å². The number of rotatable bonds is 6. The molecule has 0 aliphatic carbocycles. The highest BCUT2D eigenvalue weighted by molar-refractivity contribution is 6.29. The van der Waals surface area contributed by atoms with Crippen molar-refractivity contribution in [3.05, 3.63) is 217 Å². The maximum absolute atomic E-state index is 4.98. The van der Waals surface area contributed by atoms with Crippen LogP contribution in [0.3, 0.4) is 0 Å². The number of hydrogen-bond acceptors (Lipinski definition) is 4. The summed E-state index contributed by atoms with van der Waals surface area (Å²) >= 11 is 0. The molecule has 0 N–H and O–H groups in total. The van der Waals surface area contributed by atoms with E-state index in [0.29, 0.717) is 0 Å². The van der Waals surface area contributed by atoms with Gasteiger partial charge in [0.1, 0.15) is 0 Å². The van der Waals surface area contributed by atoms with Crippen LogP contribution in [0, 0.1) is 27.7 Å². The van der Waals surface area contributed by atoms with Crippen LogP contribution < -0.4 is 0 Å². The molecule has 0 fully saturated rings. The zero-order chi connectivity index (χ0) is 45.6. The van der Waals surface area contributed by atoms with E-state index in [-0.39, 0.29) is 0 Å². The molecule has 0 atom stereocenters. The molecule has 0 aliphatic heterocycles. The van der Waals surface area contributed by atoms with E-state index < -0.39 is 0 Å². The number of benzene rings is 7. The van der Waals surface area contributed by atoms with Gasteiger partial charge >= 0.3 is 0 Å². The number of para-hydroxylation sites is 2. The van der Waals surface area contributed by atoms with Gasteiger partial charge < -0.3 is 9.13 Å². The molecule has 13 aromatic rings. The molecular formula is C62H44N6. The normalized spacial score (nSPS) is 11.8. The largest absolute Gasteiger partial charge is 0.309 e. The lowest BCUT2D eigenvalue weighted by Gasteiger charge is -2.14. The lowest BCUT2D eigenvalue weighted by atomic mass is 9.93. The van der Waals surface area contributed by atoms with E-state index in [4.69, 9.17) is 9.97 Å². The zero-order valence-electron chi connectivity index (χ0n) is 38.2. The lowest BCUT2D eigenvalue weighted by Crippen LogP contribution is -1.96. The first-order valence-corrected chi connectivity index (χ1v) is 23.2. The van der Waals surface area contributed by atoms with Crippen LogP contribution in [0.15, 0.2) is 195 Å². The van der Waals surface area contributed by atoms with Crippen molar-refractivity contribution in [2.45, 2.75) is 27.7 Å². The molecule has 0 aliphatic rings. The molecule has 0 saturated heterocycles. The van der Waals surface area contributed by atoms with Crippen molar-refractivity contribution < 1.29 is 0 Å². The minimum atomic E-state index is 0.906. The Morgan fingerprint density at radius 1 is 0.353 bits per heavy atom. The molecule has 6 heteroatoms. The van der Waals surface area contributed by atoms with E-state index in [1.54, 1.807) is 0 Å². The number of hydrogen-bond donors (Lipinski definition) is 0. The smallest absolute Gasteiger partial charge is 0.0892 e. The van der Waals surface area contributed by atoms with Gasteiger partial charge in [0.2, 0.25) is 0 Å². The Hall–Kier alpha value is -8.74. The maximum atomic E-state index is 4.98. The number of aromatic nitrogens is 6. The summed E-state index contributed by atoms with van der Waals surface area (Å²) in [6.45, 7) is 8.74. The molecular weight excluding hydrogens is 829 g/mol. The Balaban J connectivity index is 0.874. The Morgan fingerprint density at radius 2 is 0.750 bits per heavy atom. The van der Waals surface area contributed by atoms with Crippen molar-refractivity contribution in [2.75, 3.05) is 0 Å². The number of fused-ring (bicyclic) bond motifs is 9. The van der Waals surface area contributed by atoms with Crippen molar-refractivity contribution in [1.29, 1.82) is 0 Å². The monoisotopic (exact) mass is 872 g/mol. The Labute approximate surface area is 393 Å². The average molecular weight is 873 g/mol. The van der Waals surface area contributed by atoms with E-state index >= 15 is 0 Å². The summed E-state index contributed by atoms with van der Waals surface area (Å²) in [5.41, 5.74) is 22.6. The van der Waals surface area contributed by atoms with Gasteiger partial charge in [-0.25, -0.2) is 9.97 Å². The van der Waals surface area contributed by atoms with Crippen molar-refractivity contribution in [3.63, 3.8) is 0 Å². The second-order valence-electron chi connectivity index (χ2n) is 18.2. The lowest BCUT2D eigenvalue weighted by molar-refractivity contribution is 1.17. The average Bonchev–Trinajstić information content (AvgIpc) is 3.89. The van der Waals surface area contributed by atoms with E-state index in [2.05, 4.69) is 205 Å².